The molecule has 3 aromatic rings. The molecule has 0 saturated heterocycles. The second-order valence-electron chi connectivity index (χ2n) is 6.53. The van der Waals surface area contributed by atoms with Crippen molar-refractivity contribution in [3.8, 4) is 17.2 Å². The zero-order valence-corrected chi connectivity index (χ0v) is 16.6. The van der Waals surface area contributed by atoms with Gasteiger partial charge in [0.2, 0.25) is 0 Å². The number of carbonyl (C=O) groups excluding carboxylic acids is 1. The Bertz CT molecular complexity index is 981. The van der Waals surface area contributed by atoms with Crippen LogP contribution >= 0.6 is 11.8 Å². The molecule has 0 aliphatic carbocycles. The van der Waals surface area contributed by atoms with E-state index >= 15 is 0 Å². The van der Waals surface area contributed by atoms with Crippen molar-refractivity contribution < 1.29 is 14.3 Å². The predicted octanol–water partition coefficient (Wildman–Crippen LogP) is 3.95. The molecular formula is C21H21N3O3S. The second kappa shape index (κ2) is 7.98. The van der Waals surface area contributed by atoms with Crippen molar-refractivity contribution in [2.75, 3.05) is 19.0 Å². The highest BCUT2D eigenvalue weighted by molar-refractivity contribution is 7.98. The van der Waals surface area contributed by atoms with Crippen molar-refractivity contribution in [2.24, 2.45) is 0 Å². The third-order valence-electron chi connectivity index (χ3n) is 4.52. The Labute approximate surface area is 167 Å². The summed E-state index contributed by atoms with van der Waals surface area (Å²) in [5, 5.41) is 7.70. The summed E-state index contributed by atoms with van der Waals surface area (Å²) in [6.07, 6.45) is 0. The van der Waals surface area contributed by atoms with Gasteiger partial charge in [0.05, 0.1) is 18.5 Å². The van der Waals surface area contributed by atoms with Crippen molar-refractivity contribution in [3.63, 3.8) is 0 Å². The third kappa shape index (κ3) is 3.84. The molecule has 0 unspecified atom stereocenters. The number of anilines is 1. The number of hydrogen-bond acceptors (Lipinski definition) is 5. The number of ether oxygens (including phenoxy) is 2. The van der Waals surface area contributed by atoms with Gasteiger partial charge in [-0.05, 0) is 43.3 Å². The van der Waals surface area contributed by atoms with Gasteiger partial charge in [0.15, 0.2) is 6.61 Å². The lowest BCUT2D eigenvalue weighted by Crippen LogP contribution is -2.22. The van der Waals surface area contributed by atoms with Gasteiger partial charge in [0, 0.05) is 17.1 Å². The van der Waals surface area contributed by atoms with E-state index < -0.39 is 0 Å². The van der Waals surface area contributed by atoms with Crippen molar-refractivity contribution in [3.05, 3.63) is 65.4 Å². The molecule has 0 atom stereocenters. The van der Waals surface area contributed by atoms with Crippen molar-refractivity contribution >= 4 is 23.5 Å². The molecule has 2 heterocycles. The van der Waals surface area contributed by atoms with Crippen LogP contribution in [-0.2, 0) is 16.3 Å². The van der Waals surface area contributed by atoms with Crippen molar-refractivity contribution in [2.45, 2.75) is 18.4 Å². The smallest absolute Gasteiger partial charge is 0.263 e. The molecular weight excluding hydrogens is 374 g/mol. The van der Waals surface area contributed by atoms with E-state index in [0.29, 0.717) is 5.75 Å². The number of methoxy groups -OCH3 is 1. The molecule has 1 N–H and O–H groups in total. The second-order valence-corrected chi connectivity index (χ2v) is 7.51. The van der Waals surface area contributed by atoms with Crippen LogP contribution in [0.1, 0.15) is 16.8 Å². The third-order valence-corrected chi connectivity index (χ3v) is 5.49. The largest absolute Gasteiger partial charge is 0.497 e. The van der Waals surface area contributed by atoms with Gasteiger partial charge in [0.1, 0.15) is 17.3 Å². The first-order chi connectivity index (χ1) is 13.6. The van der Waals surface area contributed by atoms with Crippen LogP contribution in [0.4, 0.5) is 5.82 Å². The molecule has 2 aromatic carbocycles. The van der Waals surface area contributed by atoms with E-state index in [2.05, 4.69) is 5.32 Å². The molecule has 0 bridgehead atoms. The first kappa shape index (κ1) is 18.4. The van der Waals surface area contributed by atoms with Crippen molar-refractivity contribution in [1.29, 1.82) is 0 Å². The summed E-state index contributed by atoms with van der Waals surface area (Å²) in [5.41, 5.74) is 4.22. The van der Waals surface area contributed by atoms with E-state index in [0.717, 1.165) is 40.0 Å². The minimum Gasteiger partial charge on any atom is -0.497 e. The number of carbonyl (C=O) groups is 1. The number of nitrogens with zero attached hydrogens (tertiary/aromatic N) is 2. The molecule has 1 aliphatic heterocycles. The average Bonchev–Trinajstić information content (AvgIpc) is 3.30. The van der Waals surface area contributed by atoms with E-state index in [-0.39, 0.29) is 12.5 Å². The Hall–Kier alpha value is -2.93. The van der Waals surface area contributed by atoms with Crippen molar-refractivity contribution in [1.82, 2.24) is 9.78 Å². The summed E-state index contributed by atoms with van der Waals surface area (Å²) < 4.78 is 12.5. The van der Waals surface area contributed by atoms with Gasteiger partial charge in [-0.1, -0.05) is 17.7 Å². The fourth-order valence-electron chi connectivity index (χ4n) is 3.00. The summed E-state index contributed by atoms with van der Waals surface area (Å²) in [5.74, 6) is 3.57. The molecule has 28 heavy (non-hydrogen) atoms. The lowest BCUT2D eigenvalue weighted by molar-refractivity contribution is -0.118. The number of benzene rings is 2. The molecule has 4 rings (SSSR count). The SMILES string of the molecule is COc1ccc(OCC(=O)Nc2c3c(nn2-c2ccc(C)cc2)CSC3)cc1. The Morgan fingerprint density at radius 3 is 2.54 bits per heavy atom. The first-order valence-electron chi connectivity index (χ1n) is 8.96. The molecule has 144 valence electrons. The van der Waals surface area contributed by atoms with Crippen LogP contribution < -0.4 is 14.8 Å². The van der Waals surface area contributed by atoms with Crippen LogP contribution in [0.2, 0.25) is 0 Å². The Kier molecular flexibility index (Phi) is 5.25. The van der Waals surface area contributed by atoms with Crippen LogP contribution in [-0.4, -0.2) is 29.4 Å². The van der Waals surface area contributed by atoms with E-state index in [1.54, 1.807) is 43.1 Å². The Morgan fingerprint density at radius 2 is 1.82 bits per heavy atom. The van der Waals surface area contributed by atoms with Gasteiger partial charge in [0.25, 0.3) is 5.91 Å². The zero-order chi connectivity index (χ0) is 19.5. The van der Waals surface area contributed by atoms with Gasteiger partial charge in [-0.2, -0.15) is 16.9 Å². The number of fused-ring (bicyclic) bond motifs is 1. The lowest BCUT2D eigenvalue weighted by Gasteiger charge is -2.12. The van der Waals surface area contributed by atoms with Gasteiger partial charge in [-0.3, -0.25) is 4.79 Å². The van der Waals surface area contributed by atoms with Gasteiger partial charge in [-0.15, -0.1) is 0 Å². The Morgan fingerprint density at radius 1 is 1.11 bits per heavy atom. The van der Waals surface area contributed by atoms with Crippen LogP contribution in [0.25, 0.3) is 5.69 Å². The molecule has 0 radical (unpaired) electrons. The van der Waals surface area contributed by atoms with Crippen LogP contribution in [0.5, 0.6) is 11.5 Å². The number of amides is 1. The molecule has 1 amide bonds. The number of aryl methyl sites for hydroxylation is 1. The highest BCUT2D eigenvalue weighted by Crippen LogP contribution is 2.36. The monoisotopic (exact) mass is 395 g/mol. The fourth-order valence-corrected chi connectivity index (χ4v) is 4.04. The molecule has 6 nitrogen and oxygen atoms in total. The lowest BCUT2D eigenvalue weighted by atomic mass is 10.2. The number of nitrogens with one attached hydrogen (secondary N) is 1. The molecule has 7 heteroatoms. The minimum atomic E-state index is -0.219. The average molecular weight is 395 g/mol. The summed E-state index contributed by atoms with van der Waals surface area (Å²) in [4.78, 5) is 12.5. The van der Waals surface area contributed by atoms with Crippen LogP contribution in [0.15, 0.2) is 48.5 Å². The molecule has 1 aliphatic rings. The van der Waals surface area contributed by atoms with Crippen LogP contribution in [0, 0.1) is 6.92 Å². The molecule has 0 saturated carbocycles. The summed E-state index contributed by atoms with van der Waals surface area (Å²) in [7, 11) is 1.61. The summed E-state index contributed by atoms with van der Waals surface area (Å²) in [6.45, 7) is 1.97. The van der Waals surface area contributed by atoms with E-state index in [9.17, 15) is 4.79 Å². The molecule has 1 aromatic heterocycles. The van der Waals surface area contributed by atoms with Gasteiger partial charge >= 0.3 is 0 Å². The molecule has 0 fully saturated rings. The fraction of sp³-hybridized carbons (Fsp3) is 0.238. The topological polar surface area (TPSA) is 65.4 Å². The number of thioether (sulfide) groups is 1. The minimum absolute atomic E-state index is 0.0761. The number of hydrogen-bond donors (Lipinski definition) is 1. The maximum atomic E-state index is 12.5. The highest BCUT2D eigenvalue weighted by atomic mass is 32.2. The molecule has 0 spiro atoms. The quantitative estimate of drug-likeness (QED) is 0.685. The van der Waals surface area contributed by atoms with Gasteiger partial charge in [-0.25, -0.2) is 4.68 Å². The summed E-state index contributed by atoms with van der Waals surface area (Å²) in [6, 6.07) is 15.2. The van der Waals surface area contributed by atoms with Gasteiger partial charge < -0.3 is 14.8 Å². The normalized spacial score (nSPS) is 12.5. The Balaban J connectivity index is 1.50. The number of aromatic nitrogens is 2. The summed E-state index contributed by atoms with van der Waals surface area (Å²) >= 11 is 1.80. The predicted molar refractivity (Wildman–Crippen MR) is 110 cm³/mol. The first-order valence-corrected chi connectivity index (χ1v) is 10.1. The van der Waals surface area contributed by atoms with E-state index in [4.69, 9.17) is 14.6 Å². The zero-order valence-electron chi connectivity index (χ0n) is 15.8. The maximum absolute atomic E-state index is 12.5. The highest BCUT2D eigenvalue weighted by Gasteiger charge is 2.24. The van der Waals surface area contributed by atoms with Crippen LogP contribution in [0.3, 0.4) is 0 Å². The van der Waals surface area contributed by atoms with E-state index in [1.165, 1.54) is 5.56 Å². The van der Waals surface area contributed by atoms with E-state index in [1.807, 2.05) is 35.9 Å². The maximum Gasteiger partial charge on any atom is 0.263 e. The standard InChI is InChI=1S/C21H21N3O3S/c1-14-3-5-15(6-4-14)24-21(18-12-28-13-19(18)23-24)22-20(25)11-27-17-9-7-16(26-2)8-10-17/h3-10H,11-13H2,1-2H3,(H,22,25). The number of rotatable bonds is 6.